The number of hydrogen-bond acceptors (Lipinski definition) is 6. The Labute approximate surface area is 209 Å². The molecule has 38 heavy (non-hydrogen) atoms. The van der Waals surface area contributed by atoms with E-state index in [0.717, 1.165) is 18.6 Å². The van der Waals surface area contributed by atoms with Crippen molar-refractivity contribution in [2.75, 3.05) is 6.61 Å². The van der Waals surface area contributed by atoms with Crippen molar-refractivity contribution in [2.45, 2.75) is 24.2 Å². The average molecular weight is 543 g/mol. The molecule has 8 nitrogen and oxygen atoms in total. The summed E-state index contributed by atoms with van der Waals surface area (Å²) in [7, 11) is 0. The molecular formula is C23H16F7N5O3. The van der Waals surface area contributed by atoms with Gasteiger partial charge in [-0.05, 0) is 46.3 Å². The largest absolute Gasteiger partial charge is 0.618 e. The summed E-state index contributed by atoms with van der Waals surface area (Å²) < 4.78 is 102. The van der Waals surface area contributed by atoms with E-state index >= 15 is 8.78 Å². The van der Waals surface area contributed by atoms with Crippen LogP contribution in [0.4, 0.5) is 30.7 Å². The third kappa shape index (κ3) is 5.37. The van der Waals surface area contributed by atoms with Crippen molar-refractivity contribution >= 4 is 0 Å². The van der Waals surface area contributed by atoms with Crippen LogP contribution in [0.1, 0.15) is 11.3 Å². The van der Waals surface area contributed by atoms with Crippen LogP contribution < -0.4 is 9.47 Å². The van der Waals surface area contributed by atoms with Crippen LogP contribution in [0.2, 0.25) is 0 Å². The molecule has 0 saturated carbocycles. The van der Waals surface area contributed by atoms with Crippen LogP contribution in [0.15, 0.2) is 67.1 Å². The van der Waals surface area contributed by atoms with Crippen molar-refractivity contribution in [1.29, 1.82) is 0 Å². The van der Waals surface area contributed by atoms with E-state index < -0.39 is 53.7 Å². The van der Waals surface area contributed by atoms with Crippen LogP contribution >= 0.6 is 0 Å². The lowest BCUT2D eigenvalue weighted by atomic mass is 9.84. The molecule has 0 saturated heterocycles. The molecule has 2 aromatic heterocycles. The SMILES string of the molecule is [O-][n+]1cc(-c2ccc(OCC(F)(F)F)cc2)ccc1C(F)(F)[C@](O)(Cn1cnnn1)c1ccc(F)cc1F. The highest BCUT2D eigenvalue weighted by atomic mass is 19.4. The quantitative estimate of drug-likeness (QED) is 0.206. The lowest BCUT2D eigenvalue weighted by molar-refractivity contribution is -0.627. The Morgan fingerprint density at radius 2 is 1.63 bits per heavy atom. The molecule has 2 heterocycles. The summed E-state index contributed by atoms with van der Waals surface area (Å²) in [5.41, 5.74) is -5.38. The van der Waals surface area contributed by atoms with E-state index in [1.807, 2.05) is 0 Å². The third-order valence-corrected chi connectivity index (χ3v) is 5.50. The van der Waals surface area contributed by atoms with E-state index in [1.54, 1.807) is 0 Å². The second-order valence-electron chi connectivity index (χ2n) is 8.12. The van der Waals surface area contributed by atoms with Crippen LogP contribution in [-0.4, -0.2) is 38.1 Å². The van der Waals surface area contributed by atoms with Gasteiger partial charge in [-0.2, -0.15) is 26.7 Å². The van der Waals surface area contributed by atoms with Gasteiger partial charge in [0.1, 0.15) is 23.7 Å². The molecule has 0 unspecified atom stereocenters. The molecule has 1 atom stereocenters. The van der Waals surface area contributed by atoms with Crippen LogP contribution in [0.25, 0.3) is 11.1 Å². The van der Waals surface area contributed by atoms with E-state index in [4.69, 9.17) is 0 Å². The second-order valence-corrected chi connectivity index (χ2v) is 8.12. The Hall–Kier alpha value is -4.27. The minimum atomic E-state index is -4.54. The van der Waals surface area contributed by atoms with Gasteiger partial charge in [-0.3, -0.25) is 0 Å². The highest BCUT2D eigenvalue weighted by molar-refractivity contribution is 5.62. The molecule has 1 N–H and O–H groups in total. The number of ether oxygens (including phenoxy) is 1. The molecule has 0 bridgehead atoms. The molecule has 0 spiro atoms. The monoisotopic (exact) mass is 543 g/mol. The number of tetrazole rings is 1. The number of benzene rings is 2. The van der Waals surface area contributed by atoms with Gasteiger partial charge >= 0.3 is 12.1 Å². The average Bonchev–Trinajstić information content (AvgIpc) is 3.35. The maximum atomic E-state index is 15.9. The summed E-state index contributed by atoms with van der Waals surface area (Å²) in [5, 5.41) is 33.9. The van der Waals surface area contributed by atoms with Gasteiger partial charge in [-0.15, -0.1) is 5.10 Å². The standard InChI is InChI=1S/C23H16F7N5O3/c24-16-4-7-18(19(25)9-16)21(36,11-34-13-31-32-33-34)23(29,30)20-8-3-15(10-35(20)37)14-1-5-17(6-2-14)38-12-22(26,27)28/h1-10,13,36H,11-12H2/t21-/m0/s1. The highest BCUT2D eigenvalue weighted by Crippen LogP contribution is 2.46. The molecule has 0 aliphatic heterocycles. The first-order valence-corrected chi connectivity index (χ1v) is 10.6. The fourth-order valence-corrected chi connectivity index (χ4v) is 3.68. The number of hydrogen-bond donors (Lipinski definition) is 1. The Morgan fingerprint density at radius 1 is 0.947 bits per heavy atom. The van der Waals surface area contributed by atoms with E-state index in [-0.39, 0.29) is 21.6 Å². The molecule has 0 fully saturated rings. The summed E-state index contributed by atoms with van der Waals surface area (Å²) in [6.45, 7) is -2.63. The fraction of sp³-hybridized carbons (Fsp3) is 0.217. The number of halogens is 7. The van der Waals surface area contributed by atoms with Gasteiger partial charge in [0.15, 0.2) is 18.4 Å². The van der Waals surface area contributed by atoms with Crippen molar-refractivity contribution < 1.29 is 45.3 Å². The number of rotatable bonds is 8. The number of aliphatic hydroxyl groups is 1. The van der Waals surface area contributed by atoms with Gasteiger partial charge in [-0.1, -0.05) is 12.1 Å². The minimum Gasteiger partial charge on any atom is -0.618 e. The third-order valence-electron chi connectivity index (χ3n) is 5.50. The lowest BCUT2D eigenvalue weighted by Gasteiger charge is -2.34. The second kappa shape index (κ2) is 9.89. The Kier molecular flexibility index (Phi) is 6.97. The first kappa shape index (κ1) is 26.8. The van der Waals surface area contributed by atoms with E-state index in [1.165, 1.54) is 24.3 Å². The zero-order valence-electron chi connectivity index (χ0n) is 18.9. The van der Waals surface area contributed by atoms with Gasteiger partial charge in [0.2, 0.25) is 0 Å². The van der Waals surface area contributed by atoms with Gasteiger partial charge in [0, 0.05) is 23.3 Å². The molecule has 0 amide bonds. The van der Waals surface area contributed by atoms with Gasteiger partial charge < -0.3 is 15.1 Å². The fourth-order valence-electron chi connectivity index (χ4n) is 3.68. The maximum Gasteiger partial charge on any atom is 0.422 e. The molecular weight excluding hydrogens is 527 g/mol. The Bertz CT molecular complexity index is 1420. The molecule has 200 valence electrons. The topological polar surface area (TPSA) is 100 Å². The molecule has 2 aromatic carbocycles. The minimum absolute atomic E-state index is 0.0962. The summed E-state index contributed by atoms with van der Waals surface area (Å²) >= 11 is 0. The zero-order chi connectivity index (χ0) is 27.7. The van der Waals surface area contributed by atoms with Crippen molar-refractivity contribution in [3.8, 4) is 16.9 Å². The molecule has 0 aliphatic carbocycles. The van der Waals surface area contributed by atoms with Gasteiger partial charge in [0.05, 0.1) is 6.54 Å². The summed E-state index contributed by atoms with van der Waals surface area (Å²) in [5.74, 6) is -7.18. The van der Waals surface area contributed by atoms with Crippen molar-refractivity contribution in [3.05, 3.63) is 95.2 Å². The number of pyridine rings is 1. The van der Waals surface area contributed by atoms with Crippen molar-refractivity contribution in [2.24, 2.45) is 0 Å². The zero-order valence-corrected chi connectivity index (χ0v) is 18.9. The summed E-state index contributed by atoms with van der Waals surface area (Å²) in [6.07, 6.45) is -2.93. The number of alkyl halides is 5. The molecule has 4 aromatic rings. The highest BCUT2D eigenvalue weighted by Gasteiger charge is 2.61. The van der Waals surface area contributed by atoms with Crippen LogP contribution in [0, 0.1) is 16.8 Å². The summed E-state index contributed by atoms with van der Waals surface area (Å²) in [6, 6.07) is 8.38. The van der Waals surface area contributed by atoms with Crippen LogP contribution in [0.5, 0.6) is 5.75 Å². The van der Waals surface area contributed by atoms with Crippen LogP contribution in [-0.2, 0) is 18.1 Å². The van der Waals surface area contributed by atoms with E-state index in [9.17, 15) is 32.3 Å². The summed E-state index contributed by atoms with van der Waals surface area (Å²) in [4.78, 5) is 0. The van der Waals surface area contributed by atoms with Crippen LogP contribution in [0.3, 0.4) is 0 Å². The van der Waals surface area contributed by atoms with E-state index in [0.29, 0.717) is 28.9 Å². The Balaban J connectivity index is 1.70. The lowest BCUT2D eigenvalue weighted by Crippen LogP contribution is -2.52. The number of nitrogens with zero attached hydrogens (tertiary/aromatic N) is 5. The predicted molar refractivity (Wildman–Crippen MR) is 114 cm³/mol. The molecule has 0 aliphatic rings. The van der Waals surface area contributed by atoms with Gasteiger partial charge in [-0.25, -0.2) is 13.5 Å². The van der Waals surface area contributed by atoms with Crippen molar-refractivity contribution in [3.63, 3.8) is 0 Å². The predicted octanol–water partition coefficient (Wildman–Crippen LogP) is 3.87. The maximum absolute atomic E-state index is 15.9. The van der Waals surface area contributed by atoms with Crippen molar-refractivity contribution in [1.82, 2.24) is 20.2 Å². The molecule has 0 radical (unpaired) electrons. The van der Waals surface area contributed by atoms with Gasteiger partial charge in [0.25, 0.3) is 5.69 Å². The molecule has 4 rings (SSSR count). The normalized spacial score (nSPS) is 13.8. The Morgan fingerprint density at radius 3 is 2.21 bits per heavy atom. The first-order valence-electron chi connectivity index (χ1n) is 10.6. The smallest absolute Gasteiger partial charge is 0.422 e. The molecule has 15 heteroatoms. The first-order chi connectivity index (χ1) is 17.8. The van der Waals surface area contributed by atoms with E-state index in [2.05, 4.69) is 20.3 Å². The number of aromatic nitrogens is 5.